The molecule has 1 aromatic rings. The maximum Gasteiger partial charge on any atom is 0.119 e. The summed E-state index contributed by atoms with van der Waals surface area (Å²) in [4.78, 5) is 0. The third kappa shape index (κ3) is 5.98. The zero-order valence-corrected chi connectivity index (χ0v) is 13.9. The maximum absolute atomic E-state index is 5.72. The molecule has 0 amide bonds. The van der Waals surface area contributed by atoms with Crippen LogP contribution in [0.15, 0.2) is 24.3 Å². The van der Waals surface area contributed by atoms with Crippen LogP contribution in [0.5, 0.6) is 5.75 Å². The molecule has 0 fully saturated rings. The zero-order chi connectivity index (χ0) is 14.8. The molecule has 20 heavy (non-hydrogen) atoms. The highest BCUT2D eigenvalue weighted by molar-refractivity contribution is 5.28. The summed E-state index contributed by atoms with van der Waals surface area (Å²) in [5, 5.41) is 0. The minimum Gasteiger partial charge on any atom is -0.494 e. The average Bonchev–Trinajstić information content (AvgIpc) is 2.44. The van der Waals surface area contributed by atoms with Gasteiger partial charge in [0.15, 0.2) is 0 Å². The molecular formula is C19H32O. The van der Waals surface area contributed by atoms with E-state index in [9.17, 15) is 0 Å². The fourth-order valence-corrected chi connectivity index (χ4v) is 3.04. The summed E-state index contributed by atoms with van der Waals surface area (Å²) < 4.78 is 5.72. The van der Waals surface area contributed by atoms with E-state index in [1.54, 1.807) is 0 Å². The minimum absolute atomic E-state index is 0.504. The normalized spacial score (nSPS) is 11.6. The smallest absolute Gasteiger partial charge is 0.119 e. The number of hydrogen-bond donors (Lipinski definition) is 0. The molecule has 0 radical (unpaired) electrons. The van der Waals surface area contributed by atoms with Crippen LogP contribution in [0.1, 0.15) is 71.8 Å². The van der Waals surface area contributed by atoms with Gasteiger partial charge in [-0.15, -0.1) is 0 Å². The van der Waals surface area contributed by atoms with Crippen LogP contribution in [0.25, 0.3) is 0 Å². The van der Waals surface area contributed by atoms with Crippen molar-refractivity contribution >= 4 is 0 Å². The largest absolute Gasteiger partial charge is 0.494 e. The number of aryl methyl sites for hydroxylation is 1. The van der Waals surface area contributed by atoms with Crippen molar-refractivity contribution in [1.29, 1.82) is 0 Å². The molecule has 0 saturated heterocycles. The molecule has 0 aliphatic carbocycles. The molecule has 0 aliphatic rings. The molecule has 0 saturated carbocycles. The van der Waals surface area contributed by atoms with Crippen LogP contribution in [-0.2, 0) is 6.42 Å². The van der Waals surface area contributed by atoms with E-state index in [-0.39, 0.29) is 0 Å². The first-order chi connectivity index (χ1) is 9.63. The van der Waals surface area contributed by atoms with Crippen molar-refractivity contribution in [2.45, 2.75) is 72.6 Å². The van der Waals surface area contributed by atoms with Crippen LogP contribution in [0.4, 0.5) is 0 Å². The molecule has 1 rings (SSSR count). The summed E-state index contributed by atoms with van der Waals surface area (Å²) in [6, 6.07) is 8.64. The van der Waals surface area contributed by atoms with Crippen molar-refractivity contribution in [3.05, 3.63) is 29.8 Å². The molecule has 0 bridgehead atoms. The first-order valence-corrected chi connectivity index (χ1v) is 8.35. The molecule has 1 heteroatoms. The van der Waals surface area contributed by atoms with Gasteiger partial charge in [0.05, 0.1) is 6.61 Å². The number of hydrogen-bond acceptors (Lipinski definition) is 1. The summed E-state index contributed by atoms with van der Waals surface area (Å²) in [5.74, 6) is 1.03. The van der Waals surface area contributed by atoms with E-state index in [1.807, 2.05) is 0 Å². The molecule has 0 heterocycles. The quantitative estimate of drug-likeness (QED) is 0.508. The van der Waals surface area contributed by atoms with E-state index < -0.39 is 0 Å². The average molecular weight is 276 g/mol. The summed E-state index contributed by atoms with van der Waals surface area (Å²) in [6.07, 6.45) is 8.77. The Bertz CT molecular complexity index is 364. The first-order valence-electron chi connectivity index (χ1n) is 8.35. The van der Waals surface area contributed by atoms with Crippen LogP contribution in [0, 0.1) is 5.41 Å². The predicted molar refractivity (Wildman–Crippen MR) is 88.5 cm³/mol. The van der Waals surface area contributed by atoms with Gasteiger partial charge in [-0.3, -0.25) is 0 Å². The van der Waals surface area contributed by atoms with Crippen LogP contribution in [-0.4, -0.2) is 6.61 Å². The van der Waals surface area contributed by atoms with E-state index in [0.29, 0.717) is 5.41 Å². The van der Waals surface area contributed by atoms with Crippen molar-refractivity contribution in [3.8, 4) is 5.75 Å². The molecular weight excluding hydrogens is 244 g/mol. The van der Waals surface area contributed by atoms with E-state index >= 15 is 0 Å². The number of ether oxygens (including phenoxy) is 1. The van der Waals surface area contributed by atoms with Gasteiger partial charge in [-0.05, 0) is 55.2 Å². The third-order valence-corrected chi connectivity index (χ3v) is 4.10. The number of rotatable bonds is 10. The SMILES string of the molecule is CCCOc1cccc(CCC(C)(CCC)CCC)c1. The van der Waals surface area contributed by atoms with E-state index in [1.165, 1.54) is 44.1 Å². The molecule has 1 aromatic carbocycles. The van der Waals surface area contributed by atoms with Gasteiger partial charge in [0.2, 0.25) is 0 Å². The van der Waals surface area contributed by atoms with E-state index in [4.69, 9.17) is 4.74 Å². The zero-order valence-electron chi connectivity index (χ0n) is 13.9. The Hall–Kier alpha value is -0.980. The molecule has 0 aromatic heterocycles. The monoisotopic (exact) mass is 276 g/mol. The summed E-state index contributed by atoms with van der Waals surface area (Å²) in [5.41, 5.74) is 1.92. The van der Waals surface area contributed by atoms with Gasteiger partial charge < -0.3 is 4.74 Å². The van der Waals surface area contributed by atoms with Gasteiger partial charge in [-0.2, -0.15) is 0 Å². The molecule has 0 unspecified atom stereocenters. The second kappa shape index (κ2) is 9.05. The van der Waals surface area contributed by atoms with Crippen LogP contribution >= 0.6 is 0 Å². The Balaban J connectivity index is 2.58. The topological polar surface area (TPSA) is 9.23 Å². The van der Waals surface area contributed by atoms with Gasteiger partial charge in [-0.25, -0.2) is 0 Å². The van der Waals surface area contributed by atoms with Crippen molar-refractivity contribution in [1.82, 2.24) is 0 Å². The Morgan fingerprint density at radius 1 is 0.950 bits per heavy atom. The summed E-state index contributed by atoms with van der Waals surface area (Å²) >= 11 is 0. The van der Waals surface area contributed by atoms with E-state index in [0.717, 1.165) is 18.8 Å². The molecule has 0 N–H and O–H groups in total. The molecule has 114 valence electrons. The lowest BCUT2D eigenvalue weighted by Gasteiger charge is -2.29. The second-order valence-corrected chi connectivity index (χ2v) is 6.31. The molecule has 0 aliphatic heterocycles. The highest BCUT2D eigenvalue weighted by Gasteiger charge is 2.21. The summed E-state index contributed by atoms with van der Waals surface area (Å²) in [6.45, 7) is 10.0. The highest BCUT2D eigenvalue weighted by atomic mass is 16.5. The van der Waals surface area contributed by atoms with Gasteiger partial charge in [0.1, 0.15) is 5.75 Å². The second-order valence-electron chi connectivity index (χ2n) is 6.31. The minimum atomic E-state index is 0.504. The van der Waals surface area contributed by atoms with Gasteiger partial charge in [0.25, 0.3) is 0 Å². The fraction of sp³-hybridized carbons (Fsp3) is 0.684. The Morgan fingerprint density at radius 2 is 1.65 bits per heavy atom. The Labute approximate surface area is 125 Å². The maximum atomic E-state index is 5.72. The lowest BCUT2D eigenvalue weighted by Crippen LogP contribution is -2.17. The van der Waals surface area contributed by atoms with E-state index in [2.05, 4.69) is 52.0 Å². The number of benzene rings is 1. The fourth-order valence-electron chi connectivity index (χ4n) is 3.04. The van der Waals surface area contributed by atoms with Crippen molar-refractivity contribution in [2.75, 3.05) is 6.61 Å². The van der Waals surface area contributed by atoms with Crippen molar-refractivity contribution in [3.63, 3.8) is 0 Å². The van der Waals surface area contributed by atoms with Gasteiger partial charge in [-0.1, -0.05) is 52.7 Å². The van der Waals surface area contributed by atoms with Crippen molar-refractivity contribution in [2.24, 2.45) is 5.41 Å². The predicted octanol–water partition coefficient (Wildman–Crippen LogP) is 6.01. The van der Waals surface area contributed by atoms with Crippen LogP contribution < -0.4 is 4.74 Å². The van der Waals surface area contributed by atoms with Crippen molar-refractivity contribution < 1.29 is 4.74 Å². The van der Waals surface area contributed by atoms with Gasteiger partial charge >= 0.3 is 0 Å². The highest BCUT2D eigenvalue weighted by Crippen LogP contribution is 2.34. The molecule has 0 atom stereocenters. The molecule has 1 nitrogen and oxygen atoms in total. The van der Waals surface area contributed by atoms with Crippen LogP contribution in [0.2, 0.25) is 0 Å². The third-order valence-electron chi connectivity index (χ3n) is 4.10. The van der Waals surface area contributed by atoms with Crippen LogP contribution in [0.3, 0.4) is 0 Å². The lowest BCUT2D eigenvalue weighted by molar-refractivity contribution is 0.244. The summed E-state index contributed by atoms with van der Waals surface area (Å²) in [7, 11) is 0. The first kappa shape index (κ1) is 17.1. The Kier molecular flexibility index (Phi) is 7.72. The van der Waals surface area contributed by atoms with Gasteiger partial charge in [0, 0.05) is 0 Å². The lowest BCUT2D eigenvalue weighted by atomic mass is 9.77. The standard InChI is InChI=1S/C19H32O/c1-5-12-19(4,13-6-2)14-11-17-9-8-10-18(16-17)20-15-7-3/h8-10,16H,5-7,11-15H2,1-4H3. The molecule has 0 spiro atoms. The Morgan fingerprint density at radius 3 is 2.25 bits per heavy atom.